The van der Waals surface area contributed by atoms with Gasteiger partial charge in [0.15, 0.2) is 0 Å². The first-order valence-corrected chi connectivity index (χ1v) is 10.6. The molecule has 2 heterocycles. The van der Waals surface area contributed by atoms with Gasteiger partial charge in [-0.3, -0.25) is 0 Å². The lowest BCUT2D eigenvalue weighted by atomic mass is 9.96. The molecule has 0 amide bonds. The van der Waals surface area contributed by atoms with Crippen molar-refractivity contribution in [2.24, 2.45) is 5.10 Å². The zero-order chi connectivity index (χ0) is 21.5. The van der Waals surface area contributed by atoms with Crippen molar-refractivity contribution < 1.29 is 14.2 Å². The Hall–Kier alpha value is -2.89. The third-order valence-electron chi connectivity index (χ3n) is 5.63. The molecule has 31 heavy (non-hydrogen) atoms. The van der Waals surface area contributed by atoms with Crippen LogP contribution in [-0.2, 0) is 0 Å². The number of methoxy groups -OCH3 is 2. The number of fused-ring (bicyclic) bond motifs is 3. The Morgan fingerprint density at radius 3 is 2.23 bits per heavy atom. The normalized spacial score (nSPS) is 19.2. The van der Waals surface area contributed by atoms with Gasteiger partial charge in [-0.25, -0.2) is 5.01 Å². The summed E-state index contributed by atoms with van der Waals surface area (Å²) in [7, 11) is 3.30. The van der Waals surface area contributed by atoms with Crippen LogP contribution >= 0.6 is 23.2 Å². The topological polar surface area (TPSA) is 43.3 Å². The number of halogens is 2. The zero-order valence-corrected chi connectivity index (χ0v) is 18.5. The van der Waals surface area contributed by atoms with E-state index in [9.17, 15) is 0 Å². The lowest BCUT2D eigenvalue weighted by Crippen LogP contribution is -2.33. The summed E-state index contributed by atoms with van der Waals surface area (Å²) in [5.74, 6) is 2.24. The number of rotatable bonds is 4. The smallest absolute Gasteiger partial charge is 0.213 e. The number of ether oxygens (including phenoxy) is 3. The molecule has 158 valence electrons. The largest absolute Gasteiger partial charge is 0.497 e. The average molecular weight is 455 g/mol. The van der Waals surface area contributed by atoms with Crippen LogP contribution in [0.4, 0.5) is 0 Å². The lowest BCUT2D eigenvalue weighted by Gasteiger charge is -2.38. The first kappa shape index (κ1) is 20.0. The number of hydrogen-bond donors (Lipinski definition) is 0. The number of hydrazone groups is 1. The molecule has 5 nitrogen and oxygen atoms in total. The summed E-state index contributed by atoms with van der Waals surface area (Å²) in [5, 5.41) is 8.03. The van der Waals surface area contributed by atoms with Gasteiger partial charge in [-0.1, -0.05) is 23.2 Å². The molecule has 0 unspecified atom stereocenters. The first-order chi connectivity index (χ1) is 15.1. The van der Waals surface area contributed by atoms with Crippen LogP contribution in [0.2, 0.25) is 10.0 Å². The minimum atomic E-state index is -0.419. The minimum absolute atomic E-state index is 0.0378. The maximum Gasteiger partial charge on any atom is 0.213 e. The summed E-state index contributed by atoms with van der Waals surface area (Å²) in [5.41, 5.74) is 3.91. The summed E-state index contributed by atoms with van der Waals surface area (Å²) < 4.78 is 17.0. The van der Waals surface area contributed by atoms with Crippen molar-refractivity contribution in [3.63, 3.8) is 0 Å². The second-order valence-electron chi connectivity index (χ2n) is 7.42. The molecular weight excluding hydrogens is 435 g/mol. The second kappa shape index (κ2) is 7.98. The van der Waals surface area contributed by atoms with Crippen LogP contribution in [0, 0.1) is 0 Å². The van der Waals surface area contributed by atoms with Crippen molar-refractivity contribution in [3.05, 3.63) is 87.4 Å². The summed E-state index contributed by atoms with van der Waals surface area (Å²) in [4.78, 5) is 0. The maximum absolute atomic E-state index is 6.53. The van der Waals surface area contributed by atoms with Gasteiger partial charge in [0.05, 0.1) is 31.0 Å². The summed E-state index contributed by atoms with van der Waals surface area (Å²) in [6.45, 7) is 0. The van der Waals surface area contributed by atoms with Gasteiger partial charge >= 0.3 is 0 Å². The Balaban J connectivity index is 1.58. The van der Waals surface area contributed by atoms with Gasteiger partial charge in [-0.05, 0) is 66.2 Å². The monoisotopic (exact) mass is 454 g/mol. The summed E-state index contributed by atoms with van der Waals surface area (Å²) in [6.07, 6.45) is 0.296. The van der Waals surface area contributed by atoms with E-state index in [4.69, 9.17) is 42.5 Å². The number of hydrogen-bond acceptors (Lipinski definition) is 5. The quantitative estimate of drug-likeness (QED) is 0.466. The van der Waals surface area contributed by atoms with Crippen LogP contribution in [0.1, 0.15) is 35.4 Å². The Bertz CT molecular complexity index is 1150. The van der Waals surface area contributed by atoms with E-state index in [1.165, 1.54) is 0 Å². The molecule has 0 bridgehead atoms. The molecule has 0 radical (unpaired) electrons. The fourth-order valence-corrected chi connectivity index (χ4v) is 4.61. The van der Waals surface area contributed by atoms with Crippen LogP contribution in [0.3, 0.4) is 0 Å². The molecule has 3 aromatic carbocycles. The highest BCUT2D eigenvalue weighted by molar-refractivity contribution is 6.35. The molecule has 5 rings (SSSR count). The van der Waals surface area contributed by atoms with Crippen molar-refractivity contribution in [2.45, 2.75) is 18.7 Å². The van der Waals surface area contributed by atoms with Gasteiger partial charge in [-0.15, -0.1) is 0 Å². The van der Waals surface area contributed by atoms with Crippen LogP contribution in [0.15, 0.2) is 65.8 Å². The molecule has 0 saturated carbocycles. The predicted octanol–water partition coefficient (Wildman–Crippen LogP) is 6.25. The third-order valence-corrected chi connectivity index (χ3v) is 6.13. The van der Waals surface area contributed by atoms with E-state index < -0.39 is 6.23 Å². The molecule has 0 saturated heterocycles. The SMILES string of the molecule is COc1ccc(C2=NN3[C@@H](C2)c2cc(Cl)cc(Cl)c2O[C@H]3c2ccc(OC)cc2)cc1. The van der Waals surface area contributed by atoms with E-state index in [2.05, 4.69) is 0 Å². The Kier molecular flexibility index (Phi) is 5.16. The van der Waals surface area contributed by atoms with Crippen molar-refractivity contribution in [2.75, 3.05) is 14.2 Å². The standard InChI is InChI=1S/C24H20Cl2N2O3/c1-29-17-7-3-14(4-8-17)21-13-22-19-11-16(25)12-20(26)23(19)31-24(28(22)27-21)15-5-9-18(30-2)10-6-15/h3-12,22,24H,13H2,1-2H3/t22-,24-/m0/s1. The third kappa shape index (κ3) is 3.58. The summed E-state index contributed by atoms with van der Waals surface area (Å²) in [6, 6.07) is 19.3. The van der Waals surface area contributed by atoms with Gasteiger partial charge in [0.1, 0.15) is 17.2 Å². The molecular formula is C24H20Cl2N2O3. The molecule has 7 heteroatoms. The molecule has 0 fully saturated rings. The molecule has 0 spiro atoms. The van der Waals surface area contributed by atoms with Crippen molar-refractivity contribution >= 4 is 28.9 Å². The van der Waals surface area contributed by atoms with E-state index >= 15 is 0 Å². The average Bonchev–Trinajstić information content (AvgIpc) is 3.25. The molecule has 2 atom stereocenters. The van der Waals surface area contributed by atoms with Gasteiger partial charge in [-0.2, -0.15) is 5.10 Å². The summed E-state index contributed by atoms with van der Waals surface area (Å²) >= 11 is 12.8. The van der Waals surface area contributed by atoms with E-state index in [0.29, 0.717) is 22.2 Å². The van der Waals surface area contributed by atoms with Gasteiger partial charge in [0.2, 0.25) is 6.23 Å². The molecule has 0 aromatic heterocycles. The first-order valence-electron chi connectivity index (χ1n) is 9.87. The van der Waals surface area contributed by atoms with Crippen LogP contribution in [-0.4, -0.2) is 24.9 Å². The fourth-order valence-electron chi connectivity index (χ4n) is 4.06. The Morgan fingerprint density at radius 2 is 1.58 bits per heavy atom. The van der Waals surface area contributed by atoms with Crippen LogP contribution in [0.5, 0.6) is 17.2 Å². The van der Waals surface area contributed by atoms with Gasteiger partial charge < -0.3 is 14.2 Å². The van der Waals surface area contributed by atoms with Crippen LogP contribution in [0.25, 0.3) is 0 Å². The molecule has 2 aliphatic heterocycles. The fraction of sp³-hybridized carbons (Fsp3) is 0.208. The Labute approximate surface area is 190 Å². The van der Waals surface area contributed by atoms with E-state index in [0.717, 1.165) is 33.9 Å². The zero-order valence-electron chi connectivity index (χ0n) is 17.0. The van der Waals surface area contributed by atoms with Crippen LogP contribution < -0.4 is 14.2 Å². The van der Waals surface area contributed by atoms with Crippen molar-refractivity contribution in [1.29, 1.82) is 0 Å². The lowest BCUT2D eigenvalue weighted by molar-refractivity contribution is -0.0189. The maximum atomic E-state index is 6.53. The number of benzene rings is 3. The molecule has 2 aliphatic rings. The molecule has 0 aliphatic carbocycles. The van der Waals surface area contributed by atoms with Crippen molar-refractivity contribution in [3.8, 4) is 17.2 Å². The molecule has 0 N–H and O–H groups in total. The predicted molar refractivity (Wildman–Crippen MR) is 122 cm³/mol. The van der Waals surface area contributed by atoms with E-state index in [-0.39, 0.29) is 6.04 Å². The van der Waals surface area contributed by atoms with E-state index in [1.54, 1.807) is 20.3 Å². The molecule has 3 aromatic rings. The second-order valence-corrected chi connectivity index (χ2v) is 8.27. The van der Waals surface area contributed by atoms with E-state index in [1.807, 2.05) is 59.6 Å². The van der Waals surface area contributed by atoms with Gasteiger partial charge in [0, 0.05) is 22.6 Å². The number of nitrogens with zero attached hydrogens (tertiary/aromatic N) is 2. The van der Waals surface area contributed by atoms with Crippen molar-refractivity contribution in [1.82, 2.24) is 5.01 Å². The highest BCUT2D eigenvalue weighted by Gasteiger charge is 2.42. The Morgan fingerprint density at radius 1 is 0.935 bits per heavy atom. The highest BCUT2D eigenvalue weighted by atomic mass is 35.5. The minimum Gasteiger partial charge on any atom is -0.497 e. The van der Waals surface area contributed by atoms with Gasteiger partial charge in [0.25, 0.3) is 0 Å². The highest BCUT2D eigenvalue weighted by Crippen LogP contribution is 2.50.